The van der Waals surface area contributed by atoms with Gasteiger partial charge in [0.15, 0.2) is 0 Å². The van der Waals surface area contributed by atoms with Crippen molar-refractivity contribution in [3.05, 3.63) is 138 Å². The molecule has 4 aromatic carbocycles. The van der Waals surface area contributed by atoms with Crippen molar-refractivity contribution < 1.29 is 27.7 Å². The number of aromatic nitrogens is 4. The normalized spacial score (nSPS) is 15.4. The molecule has 0 saturated heterocycles. The first-order chi connectivity index (χ1) is 31.8. The number of hydrogen-bond acceptors (Lipinski definition) is 6. The van der Waals surface area contributed by atoms with E-state index >= 15 is 0 Å². The number of hydrogen-bond donors (Lipinski definition) is 0. The van der Waals surface area contributed by atoms with Crippen LogP contribution in [-0.4, -0.2) is 64.9 Å². The third-order valence-corrected chi connectivity index (χ3v) is 28.7. The van der Waals surface area contributed by atoms with Crippen LogP contribution in [0.5, 0.6) is 11.5 Å². The summed E-state index contributed by atoms with van der Waals surface area (Å²) in [6.07, 6.45) is 13.7. The number of methoxy groups -OCH3 is 2. The van der Waals surface area contributed by atoms with E-state index in [1.165, 1.54) is 69.8 Å². The fraction of sp³-hybridized carbons (Fsp3) is 0.444. The maximum Gasteiger partial charge on any atom is 0.123 e. The van der Waals surface area contributed by atoms with Crippen molar-refractivity contribution in [3.8, 4) is 34.0 Å². The molecule has 0 amide bonds. The zero-order valence-electron chi connectivity index (χ0n) is 39.2. The number of imidazole rings is 2. The molecular formula is C54H68F2N4O4Sn. The first-order valence-electron chi connectivity index (χ1n) is 23.9. The van der Waals surface area contributed by atoms with Crippen LogP contribution in [0, 0.1) is 11.6 Å². The summed E-state index contributed by atoms with van der Waals surface area (Å²) in [5, 5.41) is 0. The summed E-state index contributed by atoms with van der Waals surface area (Å²) in [6.45, 7) is 9.51. The Balaban J connectivity index is 0.000000209. The first kappa shape index (κ1) is 48.4. The van der Waals surface area contributed by atoms with Crippen LogP contribution in [0.4, 0.5) is 8.78 Å². The van der Waals surface area contributed by atoms with E-state index in [1.807, 2.05) is 48.5 Å². The van der Waals surface area contributed by atoms with E-state index in [4.69, 9.17) is 28.9 Å². The number of unbranched alkanes of at least 4 members (excludes halogenated alkanes) is 3. The fourth-order valence-corrected chi connectivity index (χ4v) is 26.9. The summed E-state index contributed by atoms with van der Waals surface area (Å²) in [7, 11) is 3.35. The van der Waals surface area contributed by atoms with Crippen molar-refractivity contribution in [2.24, 2.45) is 0 Å². The molecule has 6 aromatic rings. The van der Waals surface area contributed by atoms with E-state index in [1.54, 1.807) is 42.2 Å². The third kappa shape index (κ3) is 12.3. The van der Waals surface area contributed by atoms with Crippen LogP contribution in [0.15, 0.2) is 103 Å². The van der Waals surface area contributed by atoms with Crippen molar-refractivity contribution in [1.29, 1.82) is 0 Å². The van der Waals surface area contributed by atoms with Crippen LogP contribution in [0.3, 0.4) is 0 Å². The molecule has 65 heavy (non-hydrogen) atoms. The Morgan fingerprint density at radius 1 is 0.585 bits per heavy atom. The number of nitrogens with zero attached hydrogens (tertiary/aromatic N) is 4. The Hall–Kier alpha value is -4.52. The molecule has 0 N–H and O–H groups in total. The topological polar surface area (TPSA) is 72.6 Å². The second-order valence-corrected chi connectivity index (χ2v) is 30.7. The van der Waals surface area contributed by atoms with Crippen LogP contribution < -0.4 is 13.2 Å². The largest absolute Gasteiger partial charge is 0.497 e. The van der Waals surface area contributed by atoms with Crippen LogP contribution in [0.1, 0.15) is 107 Å². The van der Waals surface area contributed by atoms with Gasteiger partial charge < -0.3 is 14.0 Å². The van der Waals surface area contributed by atoms with E-state index in [0.717, 1.165) is 76.6 Å². The van der Waals surface area contributed by atoms with Crippen molar-refractivity contribution in [2.75, 3.05) is 27.4 Å². The van der Waals surface area contributed by atoms with Gasteiger partial charge in [-0.2, -0.15) is 0 Å². The third-order valence-electron chi connectivity index (χ3n) is 13.2. The molecule has 0 unspecified atom stereocenters. The minimum absolute atomic E-state index is 0.186. The number of halogens is 2. The molecule has 0 saturated carbocycles. The molecule has 2 aliphatic rings. The number of fused-ring (bicyclic) bond motifs is 2. The van der Waals surface area contributed by atoms with E-state index in [9.17, 15) is 8.78 Å². The van der Waals surface area contributed by atoms with Crippen LogP contribution in [0.2, 0.25) is 13.3 Å². The van der Waals surface area contributed by atoms with Crippen molar-refractivity contribution in [2.45, 2.75) is 124 Å². The molecule has 2 aliphatic heterocycles. The molecule has 2 aromatic heterocycles. The van der Waals surface area contributed by atoms with Crippen LogP contribution in [-0.2, 0) is 35.5 Å². The van der Waals surface area contributed by atoms with E-state index in [-0.39, 0.29) is 11.6 Å². The summed E-state index contributed by atoms with van der Waals surface area (Å²) in [4.78, 5) is 10.0. The van der Waals surface area contributed by atoms with E-state index in [0.29, 0.717) is 38.5 Å². The maximum absolute atomic E-state index is 13.9. The summed E-state index contributed by atoms with van der Waals surface area (Å²) < 4.78 is 60.4. The molecule has 346 valence electrons. The summed E-state index contributed by atoms with van der Waals surface area (Å²) in [5.41, 5.74) is 6.35. The van der Waals surface area contributed by atoms with Crippen molar-refractivity contribution in [3.63, 3.8) is 0 Å². The average Bonchev–Trinajstić information content (AvgIpc) is 4.13. The van der Waals surface area contributed by atoms with Gasteiger partial charge in [-0.05, 0) is 48.4 Å². The zero-order chi connectivity index (χ0) is 45.6. The first-order valence-corrected chi connectivity index (χ1v) is 31.4. The molecule has 0 fully saturated rings. The maximum atomic E-state index is 13.9. The molecular weight excluding hydrogens is 925 g/mol. The Bertz CT molecular complexity index is 2340. The summed E-state index contributed by atoms with van der Waals surface area (Å²) in [6, 6.07) is 30.2. The number of ether oxygens (including phenoxy) is 4. The summed E-state index contributed by atoms with van der Waals surface area (Å²) in [5.74, 6) is 3.58. The predicted octanol–water partition coefficient (Wildman–Crippen LogP) is 12.9. The Morgan fingerprint density at radius 3 is 1.57 bits per heavy atom. The second-order valence-electron chi connectivity index (χ2n) is 17.8. The van der Waals surface area contributed by atoms with Crippen LogP contribution >= 0.6 is 0 Å². The van der Waals surface area contributed by atoms with Gasteiger partial charge in [0.05, 0.1) is 32.1 Å². The molecule has 0 radical (unpaired) electrons. The minimum Gasteiger partial charge on any atom is -0.497 e. The quantitative estimate of drug-likeness (QED) is 0.0631. The van der Waals surface area contributed by atoms with Gasteiger partial charge in [-0.25, -0.2) is 9.37 Å². The standard InChI is InChI=1S/C21H21FN2O2.C21H20FN2O2.3C4H9.Sn/c2*1-25-19-9-2-15(3-10-19)13-26-14-18-8-11-21-23-20(12-24(18)21)16-4-6-17(22)7-5-16;3*1-3-4-2;/h2-7,9-10,12,18H,8,11,13-14H2,1H3;2-7,9-10,18H,8,11,13-14H2,1H3;3*1,3-4H2,2H3;/t2*18-;;;;/m00..../s1. The van der Waals surface area contributed by atoms with Crippen LogP contribution in [0.25, 0.3) is 22.5 Å². The molecule has 4 heterocycles. The molecule has 8 nitrogen and oxygen atoms in total. The van der Waals surface area contributed by atoms with Gasteiger partial charge in [-0.15, -0.1) is 0 Å². The molecule has 11 heteroatoms. The van der Waals surface area contributed by atoms with E-state index in [2.05, 4.69) is 48.2 Å². The molecule has 8 rings (SSSR count). The SMILES string of the molecule is CCC[CH2][Sn]([CH2]CCC)([CH2]CCC)[c]1c(-c2ccc(F)cc2)nc2n1[C@H](COCc1ccc(OC)cc1)CC2.COc1ccc(COC[C@@H]2CCc3nc(-c4ccc(F)cc4)cn32)cc1. The van der Waals surface area contributed by atoms with Gasteiger partial charge in [-0.1, -0.05) is 12.1 Å². The Labute approximate surface area is 389 Å². The van der Waals surface area contributed by atoms with Gasteiger partial charge in [-0.3, -0.25) is 0 Å². The second kappa shape index (κ2) is 23.8. The zero-order valence-corrected chi connectivity index (χ0v) is 42.0. The molecule has 2 atom stereocenters. The number of benzene rings is 4. The Morgan fingerprint density at radius 2 is 1.06 bits per heavy atom. The smallest absolute Gasteiger partial charge is 0.123 e. The summed E-state index contributed by atoms with van der Waals surface area (Å²) >= 11 is -2.90. The number of rotatable bonds is 22. The number of aryl methyl sites for hydroxylation is 2. The molecule has 0 spiro atoms. The predicted molar refractivity (Wildman–Crippen MR) is 260 cm³/mol. The fourth-order valence-electron chi connectivity index (χ4n) is 9.58. The van der Waals surface area contributed by atoms with Gasteiger partial charge >= 0.3 is 240 Å². The van der Waals surface area contributed by atoms with Crippen molar-refractivity contribution in [1.82, 2.24) is 19.1 Å². The van der Waals surface area contributed by atoms with Gasteiger partial charge in [0.1, 0.15) is 17.4 Å². The van der Waals surface area contributed by atoms with E-state index < -0.39 is 18.4 Å². The minimum atomic E-state index is -2.90. The monoisotopic (exact) mass is 994 g/mol. The Kier molecular flexibility index (Phi) is 17.7. The van der Waals surface area contributed by atoms with Crippen molar-refractivity contribution >= 4 is 22.1 Å². The van der Waals surface area contributed by atoms with Gasteiger partial charge in [0.2, 0.25) is 0 Å². The molecule has 0 bridgehead atoms. The van der Waals surface area contributed by atoms with Gasteiger partial charge in [0, 0.05) is 18.2 Å². The molecule has 0 aliphatic carbocycles. The average molecular weight is 994 g/mol. The van der Waals surface area contributed by atoms with Gasteiger partial charge in [0.25, 0.3) is 0 Å².